The molecule has 0 saturated carbocycles. The first-order valence-electron chi connectivity index (χ1n) is 5.86. The molecule has 1 unspecified atom stereocenters. The average molecular weight is 281 g/mol. The Morgan fingerprint density at radius 1 is 1.26 bits per heavy atom. The summed E-state index contributed by atoms with van der Waals surface area (Å²) in [5.74, 6) is -0.181. The minimum atomic E-state index is -0.937. The molecule has 0 aliphatic carbocycles. The molecule has 0 spiro atoms. The standard InChI is InChI=1S/C15H14ClFO2/c1-19-15-8-11(13(17)9-12(15)16)14(18)7-10-5-3-2-4-6-10/h2-6,8-9,14,18H,7H2,1H3. The van der Waals surface area contributed by atoms with Crippen molar-refractivity contribution in [2.24, 2.45) is 0 Å². The molecular formula is C15H14ClFO2. The predicted molar refractivity (Wildman–Crippen MR) is 73.1 cm³/mol. The molecule has 0 amide bonds. The lowest BCUT2D eigenvalue weighted by Crippen LogP contribution is -2.05. The molecule has 0 aliphatic heterocycles. The molecule has 2 nitrogen and oxygen atoms in total. The second kappa shape index (κ2) is 6.04. The maximum atomic E-state index is 13.8. The first-order valence-corrected chi connectivity index (χ1v) is 6.24. The molecule has 4 heteroatoms. The van der Waals surface area contributed by atoms with Crippen LogP contribution in [0.3, 0.4) is 0 Å². The summed E-state index contributed by atoms with van der Waals surface area (Å²) >= 11 is 5.82. The molecule has 0 bridgehead atoms. The highest BCUT2D eigenvalue weighted by Gasteiger charge is 2.16. The predicted octanol–water partition coefficient (Wildman–Crippen LogP) is 3.76. The van der Waals surface area contributed by atoms with E-state index < -0.39 is 11.9 Å². The average Bonchev–Trinajstić information content (AvgIpc) is 2.40. The molecule has 1 atom stereocenters. The van der Waals surface area contributed by atoms with Crippen molar-refractivity contribution in [1.82, 2.24) is 0 Å². The van der Waals surface area contributed by atoms with E-state index in [-0.39, 0.29) is 10.6 Å². The summed E-state index contributed by atoms with van der Waals surface area (Å²) in [5, 5.41) is 10.3. The molecule has 100 valence electrons. The molecule has 0 radical (unpaired) electrons. The summed E-state index contributed by atoms with van der Waals surface area (Å²) < 4.78 is 18.9. The highest BCUT2D eigenvalue weighted by atomic mass is 35.5. The van der Waals surface area contributed by atoms with Crippen LogP contribution >= 0.6 is 11.6 Å². The van der Waals surface area contributed by atoms with Gasteiger partial charge < -0.3 is 9.84 Å². The van der Waals surface area contributed by atoms with Crippen LogP contribution in [0.4, 0.5) is 4.39 Å². The zero-order chi connectivity index (χ0) is 13.8. The molecule has 0 saturated heterocycles. The number of halogens is 2. The largest absolute Gasteiger partial charge is 0.495 e. The van der Waals surface area contributed by atoms with Crippen LogP contribution in [-0.2, 0) is 6.42 Å². The number of methoxy groups -OCH3 is 1. The molecule has 0 aliphatic rings. The van der Waals surface area contributed by atoms with Crippen molar-refractivity contribution in [2.45, 2.75) is 12.5 Å². The van der Waals surface area contributed by atoms with Crippen molar-refractivity contribution in [3.63, 3.8) is 0 Å². The van der Waals surface area contributed by atoms with Crippen LogP contribution in [0.5, 0.6) is 5.75 Å². The van der Waals surface area contributed by atoms with Crippen LogP contribution in [0.1, 0.15) is 17.2 Å². The van der Waals surface area contributed by atoms with Gasteiger partial charge in [-0.15, -0.1) is 0 Å². The lowest BCUT2D eigenvalue weighted by atomic mass is 10.0. The first-order chi connectivity index (χ1) is 9.11. The van der Waals surface area contributed by atoms with E-state index in [9.17, 15) is 9.50 Å². The van der Waals surface area contributed by atoms with E-state index in [1.807, 2.05) is 30.3 Å². The third kappa shape index (κ3) is 3.25. The minimum absolute atomic E-state index is 0.185. The molecule has 2 aromatic carbocycles. The molecule has 2 aromatic rings. The smallest absolute Gasteiger partial charge is 0.138 e. The fourth-order valence-corrected chi connectivity index (χ4v) is 2.13. The van der Waals surface area contributed by atoms with Crippen LogP contribution < -0.4 is 4.74 Å². The van der Waals surface area contributed by atoms with E-state index in [0.29, 0.717) is 12.2 Å². The summed E-state index contributed by atoms with van der Waals surface area (Å²) in [5.41, 5.74) is 1.12. The van der Waals surface area contributed by atoms with E-state index in [0.717, 1.165) is 11.6 Å². The number of hydrogen-bond donors (Lipinski definition) is 1. The summed E-state index contributed by atoms with van der Waals surface area (Å²) in [6.07, 6.45) is -0.601. The number of aliphatic hydroxyl groups excluding tert-OH is 1. The number of aliphatic hydroxyl groups is 1. The molecule has 1 N–H and O–H groups in total. The van der Waals surface area contributed by atoms with Crippen LogP contribution in [0.25, 0.3) is 0 Å². The third-order valence-electron chi connectivity index (χ3n) is 2.90. The lowest BCUT2D eigenvalue weighted by molar-refractivity contribution is 0.173. The summed E-state index contributed by atoms with van der Waals surface area (Å²) in [4.78, 5) is 0. The Hall–Kier alpha value is -1.58. The van der Waals surface area contributed by atoms with E-state index in [1.54, 1.807) is 0 Å². The van der Waals surface area contributed by atoms with Gasteiger partial charge in [-0.2, -0.15) is 0 Å². The normalized spacial score (nSPS) is 12.2. The zero-order valence-corrected chi connectivity index (χ0v) is 11.2. The van der Waals surface area contributed by atoms with Crippen LogP contribution in [-0.4, -0.2) is 12.2 Å². The Morgan fingerprint density at radius 3 is 2.58 bits per heavy atom. The number of rotatable bonds is 4. The van der Waals surface area contributed by atoms with Crippen molar-refractivity contribution in [1.29, 1.82) is 0 Å². The van der Waals surface area contributed by atoms with Gasteiger partial charge in [0.2, 0.25) is 0 Å². The Labute approximate surface area is 116 Å². The highest BCUT2D eigenvalue weighted by Crippen LogP contribution is 2.31. The van der Waals surface area contributed by atoms with Crippen molar-refractivity contribution in [3.8, 4) is 5.75 Å². The van der Waals surface area contributed by atoms with E-state index >= 15 is 0 Å². The van der Waals surface area contributed by atoms with Crippen molar-refractivity contribution in [3.05, 3.63) is 64.4 Å². The van der Waals surface area contributed by atoms with Gasteiger partial charge in [-0.05, 0) is 17.7 Å². The van der Waals surface area contributed by atoms with Gasteiger partial charge in [0.05, 0.1) is 18.2 Å². The SMILES string of the molecule is COc1cc(C(O)Cc2ccccc2)c(F)cc1Cl. The number of hydrogen-bond acceptors (Lipinski definition) is 2. The van der Waals surface area contributed by atoms with Gasteiger partial charge in [0.15, 0.2) is 0 Å². The van der Waals surface area contributed by atoms with Gasteiger partial charge in [0.1, 0.15) is 11.6 Å². The van der Waals surface area contributed by atoms with Crippen LogP contribution in [0.2, 0.25) is 5.02 Å². The topological polar surface area (TPSA) is 29.5 Å². The number of ether oxygens (including phenoxy) is 1. The molecule has 0 aromatic heterocycles. The first kappa shape index (κ1) is 13.8. The van der Waals surface area contributed by atoms with Crippen molar-refractivity contribution >= 4 is 11.6 Å². The quantitative estimate of drug-likeness (QED) is 0.924. The second-order valence-corrected chi connectivity index (χ2v) is 4.62. The van der Waals surface area contributed by atoms with E-state index in [2.05, 4.69) is 0 Å². The summed E-state index contributed by atoms with van der Waals surface area (Å²) in [6, 6.07) is 12.0. The molecule has 0 heterocycles. The van der Waals surface area contributed by atoms with Crippen molar-refractivity contribution in [2.75, 3.05) is 7.11 Å². The summed E-state index contributed by atoms with van der Waals surface area (Å²) in [7, 11) is 1.45. The number of benzene rings is 2. The van der Waals surface area contributed by atoms with Crippen LogP contribution in [0.15, 0.2) is 42.5 Å². The molecule has 2 rings (SSSR count). The van der Waals surface area contributed by atoms with Gasteiger partial charge in [-0.3, -0.25) is 0 Å². The molecule has 0 fully saturated rings. The minimum Gasteiger partial charge on any atom is -0.495 e. The molecular weight excluding hydrogens is 267 g/mol. The Balaban J connectivity index is 2.26. The maximum Gasteiger partial charge on any atom is 0.138 e. The van der Waals surface area contributed by atoms with Gasteiger partial charge in [-0.25, -0.2) is 4.39 Å². The maximum absolute atomic E-state index is 13.8. The highest BCUT2D eigenvalue weighted by molar-refractivity contribution is 6.32. The Bertz CT molecular complexity index is 558. The van der Waals surface area contributed by atoms with E-state index in [4.69, 9.17) is 16.3 Å². The fraction of sp³-hybridized carbons (Fsp3) is 0.200. The summed E-state index contributed by atoms with van der Waals surface area (Å²) in [6.45, 7) is 0. The zero-order valence-electron chi connectivity index (χ0n) is 10.4. The monoisotopic (exact) mass is 280 g/mol. The molecule has 19 heavy (non-hydrogen) atoms. The van der Waals surface area contributed by atoms with Gasteiger partial charge in [-0.1, -0.05) is 41.9 Å². The van der Waals surface area contributed by atoms with Crippen molar-refractivity contribution < 1.29 is 14.2 Å². The van der Waals surface area contributed by atoms with Gasteiger partial charge in [0, 0.05) is 12.0 Å². The van der Waals surface area contributed by atoms with Gasteiger partial charge >= 0.3 is 0 Å². The Morgan fingerprint density at radius 2 is 1.95 bits per heavy atom. The second-order valence-electron chi connectivity index (χ2n) is 4.21. The third-order valence-corrected chi connectivity index (χ3v) is 3.20. The lowest BCUT2D eigenvalue weighted by Gasteiger charge is -2.14. The Kier molecular flexibility index (Phi) is 4.40. The van der Waals surface area contributed by atoms with E-state index in [1.165, 1.54) is 13.2 Å². The van der Waals surface area contributed by atoms with Crippen LogP contribution in [0, 0.1) is 5.82 Å². The van der Waals surface area contributed by atoms with Gasteiger partial charge in [0.25, 0.3) is 0 Å². The fourth-order valence-electron chi connectivity index (χ4n) is 1.90.